The first-order chi connectivity index (χ1) is 10.2. The summed E-state index contributed by atoms with van der Waals surface area (Å²) < 4.78 is 13.6. The first-order valence-corrected chi connectivity index (χ1v) is 7.55. The van der Waals surface area contributed by atoms with Crippen molar-refractivity contribution < 1.29 is 9.47 Å². The van der Waals surface area contributed by atoms with Crippen LogP contribution in [0.15, 0.2) is 18.2 Å². The Morgan fingerprint density at radius 3 is 3.00 bits per heavy atom. The third-order valence-corrected chi connectivity index (χ3v) is 4.27. The van der Waals surface area contributed by atoms with Gasteiger partial charge in [-0.25, -0.2) is 4.98 Å². The van der Waals surface area contributed by atoms with E-state index in [0.717, 1.165) is 55.0 Å². The van der Waals surface area contributed by atoms with Gasteiger partial charge in [0, 0.05) is 32.2 Å². The number of anilines is 1. The van der Waals surface area contributed by atoms with Gasteiger partial charge >= 0.3 is 0 Å². The number of nitrogens with two attached hydrogens (primary N) is 1. The topological polar surface area (TPSA) is 62.3 Å². The van der Waals surface area contributed by atoms with E-state index in [4.69, 9.17) is 20.2 Å². The number of benzene rings is 1. The lowest BCUT2D eigenvalue weighted by Gasteiger charge is -2.27. The first-order valence-electron chi connectivity index (χ1n) is 7.55. The van der Waals surface area contributed by atoms with Crippen LogP contribution < -0.4 is 5.73 Å². The van der Waals surface area contributed by atoms with Gasteiger partial charge in [0.05, 0.1) is 24.2 Å². The summed E-state index contributed by atoms with van der Waals surface area (Å²) in [5.41, 5.74) is 8.47. The summed E-state index contributed by atoms with van der Waals surface area (Å²) in [6.07, 6.45) is 2.94. The number of nitrogens with zero attached hydrogens (tertiary/aromatic N) is 2. The molecule has 1 saturated heterocycles. The van der Waals surface area contributed by atoms with Crippen LogP contribution in [0, 0.1) is 0 Å². The van der Waals surface area contributed by atoms with Crippen molar-refractivity contribution in [1.29, 1.82) is 0 Å². The van der Waals surface area contributed by atoms with Crippen LogP contribution >= 0.6 is 0 Å². The zero-order valence-electron chi connectivity index (χ0n) is 12.8. The van der Waals surface area contributed by atoms with Crippen LogP contribution in [0.1, 0.15) is 25.6 Å². The molecule has 0 amide bonds. The number of nitrogen functional groups attached to an aromatic ring is 1. The molecule has 1 atom stereocenters. The first kappa shape index (κ1) is 14.4. The van der Waals surface area contributed by atoms with Crippen LogP contribution in [0.5, 0.6) is 0 Å². The Morgan fingerprint density at radius 2 is 2.33 bits per heavy atom. The van der Waals surface area contributed by atoms with E-state index in [1.54, 1.807) is 7.11 Å². The molecule has 21 heavy (non-hydrogen) atoms. The number of methoxy groups -OCH3 is 1. The largest absolute Gasteiger partial charge is 0.399 e. The van der Waals surface area contributed by atoms with Crippen molar-refractivity contribution in [3.8, 4) is 0 Å². The normalized spacial score (nSPS) is 22.2. The lowest BCUT2D eigenvalue weighted by Crippen LogP contribution is -2.37. The maximum absolute atomic E-state index is 5.88. The molecule has 1 aliphatic heterocycles. The van der Waals surface area contributed by atoms with Crippen molar-refractivity contribution in [3.63, 3.8) is 0 Å². The van der Waals surface area contributed by atoms with Gasteiger partial charge in [-0.05, 0) is 24.6 Å². The number of imidazole rings is 1. The zero-order chi connectivity index (χ0) is 14.9. The van der Waals surface area contributed by atoms with Crippen LogP contribution in [-0.2, 0) is 22.4 Å². The molecule has 3 rings (SSSR count). The second-order valence-corrected chi connectivity index (χ2v) is 5.80. The molecule has 114 valence electrons. The Labute approximate surface area is 125 Å². The Morgan fingerprint density at radius 1 is 1.48 bits per heavy atom. The number of aryl methyl sites for hydroxylation is 1. The average molecular weight is 289 g/mol. The van der Waals surface area contributed by atoms with Crippen LogP contribution in [0.25, 0.3) is 11.0 Å². The Hall–Kier alpha value is -1.59. The number of aromatic nitrogens is 2. The van der Waals surface area contributed by atoms with Gasteiger partial charge in [0.25, 0.3) is 0 Å². The lowest BCUT2D eigenvalue weighted by molar-refractivity contribution is -0.0292. The van der Waals surface area contributed by atoms with E-state index in [1.807, 2.05) is 12.1 Å². The maximum Gasteiger partial charge on any atom is 0.111 e. The molecule has 1 aromatic carbocycles. The highest BCUT2D eigenvalue weighted by Crippen LogP contribution is 2.28. The Balaban J connectivity index is 2.04. The molecule has 2 aromatic rings. The predicted molar refractivity (Wildman–Crippen MR) is 83.3 cm³/mol. The van der Waals surface area contributed by atoms with E-state index in [2.05, 4.69) is 17.6 Å². The minimum Gasteiger partial charge on any atom is -0.399 e. The number of hydrogen-bond donors (Lipinski definition) is 1. The lowest BCUT2D eigenvalue weighted by atomic mass is 10.0. The van der Waals surface area contributed by atoms with Gasteiger partial charge < -0.3 is 19.8 Å². The van der Waals surface area contributed by atoms with Crippen molar-refractivity contribution in [2.45, 2.75) is 38.3 Å². The number of rotatable bonds is 5. The summed E-state index contributed by atoms with van der Waals surface area (Å²) in [4.78, 5) is 4.76. The number of fused-ring (bicyclic) bond motifs is 1. The highest BCUT2D eigenvalue weighted by Gasteiger charge is 2.36. The van der Waals surface area contributed by atoms with E-state index < -0.39 is 0 Å². The molecule has 1 aromatic heterocycles. The molecule has 5 nitrogen and oxygen atoms in total. The molecule has 0 bridgehead atoms. The molecule has 2 N–H and O–H groups in total. The Bertz CT molecular complexity index is 630. The summed E-state index contributed by atoms with van der Waals surface area (Å²) in [6, 6.07) is 5.92. The minimum absolute atomic E-state index is 0.239. The quantitative estimate of drug-likeness (QED) is 0.858. The smallest absolute Gasteiger partial charge is 0.111 e. The van der Waals surface area contributed by atoms with E-state index in [1.165, 1.54) is 0 Å². The number of ether oxygens (including phenoxy) is 2. The zero-order valence-corrected chi connectivity index (χ0v) is 12.8. The molecule has 0 aliphatic carbocycles. The maximum atomic E-state index is 5.88. The second kappa shape index (κ2) is 5.66. The van der Waals surface area contributed by atoms with E-state index in [-0.39, 0.29) is 5.60 Å². The van der Waals surface area contributed by atoms with Crippen molar-refractivity contribution >= 4 is 16.7 Å². The molecule has 0 radical (unpaired) electrons. The van der Waals surface area contributed by atoms with Gasteiger partial charge in [-0.3, -0.25) is 0 Å². The van der Waals surface area contributed by atoms with Gasteiger partial charge in [0.1, 0.15) is 11.4 Å². The summed E-state index contributed by atoms with van der Waals surface area (Å²) >= 11 is 0. The standard InChI is InChI=1S/C16H23N3O2/c1-3-4-15-18-13-9-12(17)5-6-14(13)19(15)10-16(20-2)7-8-21-11-16/h5-6,9H,3-4,7-8,10-11,17H2,1-2H3. The molecular weight excluding hydrogens is 266 g/mol. The van der Waals surface area contributed by atoms with Crippen molar-refractivity contribution in [2.75, 3.05) is 26.1 Å². The summed E-state index contributed by atoms with van der Waals surface area (Å²) in [5.74, 6) is 1.10. The summed E-state index contributed by atoms with van der Waals surface area (Å²) in [6.45, 7) is 4.35. The van der Waals surface area contributed by atoms with Crippen LogP contribution in [0.3, 0.4) is 0 Å². The summed E-state index contributed by atoms with van der Waals surface area (Å²) in [5, 5.41) is 0. The third-order valence-electron chi connectivity index (χ3n) is 4.27. The molecule has 0 saturated carbocycles. The molecule has 5 heteroatoms. The fourth-order valence-electron chi connectivity index (χ4n) is 3.01. The van der Waals surface area contributed by atoms with Crippen LogP contribution in [0.2, 0.25) is 0 Å². The fraction of sp³-hybridized carbons (Fsp3) is 0.562. The predicted octanol–water partition coefficient (Wildman–Crippen LogP) is 2.38. The van der Waals surface area contributed by atoms with Gasteiger partial charge in [0.2, 0.25) is 0 Å². The van der Waals surface area contributed by atoms with Gasteiger partial charge in [-0.2, -0.15) is 0 Å². The molecule has 1 unspecified atom stereocenters. The molecule has 1 aliphatic rings. The average Bonchev–Trinajstić information content (AvgIpc) is 3.06. The fourth-order valence-corrected chi connectivity index (χ4v) is 3.01. The highest BCUT2D eigenvalue weighted by molar-refractivity contribution is 5.79. The molecule has 2 heterocycles. The number of hydrogen-bond acceptors (Lipinski definition) is 4. The Kier molecular flexibility index (Phi) is 3.87. The second-order valence-electron chi connectivity index (χ2n) is 5.80. The van der Waals surface area contributed by atoms with Crippen molar-refractivity contribution in [1.82, 2.24) is 9.55 Å². The van der Waals surface area contributed by atoms with E-state index in [0.29, 0.717) is 6.61 Å². The van der Waals surface area contributed by atoms with Gasteiger partial charge in [-0.15, -0.1) is 0 Å². The molecule has 1 fully saturated rings. The van der Waals surface area contributed by atoms with Crippen LogP contribution in [-0.4, -0.2) is 35.5 Å². The third kappa shape index (κ3) is 2.63. The molecular formula is C16H23N3O2. The van der Waals surface area contributed by atoms with Crippen molar-refractivity contribution in [2.24, 2.45) is 0 Å². The van der Waals surface area contributed by atoms with E-state index in [9.17, 15) is 0 Å². The molecule has 0 spiro atoms. The van der Waals surface area contributed by atoms with Gasteiger partial charge in [0.15, 0.2) is 0 Å². The minimum atomic E-state index is -0.239. The summed E-state index contributed by atoms with van der Waals surface area (Å²) in [7, 11) is 1.77. The van der Waals surface area contributed by atoms with E-state index >= 15 is 0 Å². The highest BCUT2D eigenvalue weighted by atomic mass is 16.5. The monoisotopic (exact) mass is 289 g/mol. The van der Waals surface area contributed by atoms with Crippen molar-refractivity contribution in [3.05, 3.63) is 24.0 Å². The SMILES string of the molecule is CCCc1nc2cc(N)ccc2n1CC1(OC)CCOC1. The van der Waals surface area contributed by atoms with Gasteiger partial charge in [-0.1, -0.05) is 6.92 Å². The van der Waals surface area contributed by atoms with Crippen LogP contribution in [0.4, 0.5) is 5.69 Å².